The van der Waals surface area contributed by atoms with Gasteiger partial charge in [-0.2, -0.15) is 0 Å². The van der Waals surface area contributed by atoms with Gasteiger partial charge in [-0.25, -0.2) is 9.37 Å². The van der Waals surface area contributed by atoms with E-state index < -0.39 is 0 Å². The number of anilines is 1. The average molecular weight is 344 g/mol. The number of amides is 1. The zero-order valence-corrected chi connectivity index (χ0v) is 12.2. The van der Waals surface area contributed by atoms with Crippen molar-refractivity contribution in [3.63, 3.8) is 0 Å². The maximum absolute atomic E-state index is 13.3. The zero-order chi connectivity index (χ0) is 14.0. The van der Waals surface area contributed by atoms with Gasteiger partial charge in [-0.3, -0.25) is 4.79 Å². The summed E-state index contributed by atoms with van der Waals surface area (Å²) in [4.78, 5) is 15.8. The predicted molar refractivity (Wildman–Crippen MR) is 76.0 cm³/mol. The highest BCUT2D eigenvalue weighted by molar-refractivity contribution is 9.10. The van der Waals surface area contributed by atoms with E-state index in [4.69, 9.17) is 11.6 Å². The second kappa shape index (κ2) is 5.67. The Morgan fingerprint density at radius 3 is 2.79 bits per heavy atom. The van der Waals surface area contributed by atoms with Gasteiger partial charge in [-0.1, -0.05) is 11.6 Å². The molecule has 19 heavy (non-hydrogen) atoms. The summed E-state index contributed by atoms with van der Waals surface area (Å²) in [6, 6.07) is 5.97. The third-order valence-corrected chi connectivity index (χ3v) is 3.34. The number of hydrogen-bond acceptors (Lipinski definition) is 2. The van der Waals surface area contributed by atoms with Gasteiger partial charge in [0.2, 0.25) is 0 Å². The van der Waals surface area contributed by atoms with E-state index >= 15 is 0 Å². The summed E-state index contributed by atoms with van der Waals surface area (Å²) < 4.78 is 13.6. The fourth-order valence-electron chi connectivity index (χ4n) is 1.49. The number of halogens is 3. The molecule has 0 spiro atoms. The average Bonchev–Trinajstić information content (AvgIpc) is 2.36. The fraction of sp³-hybridized carbons (Fsp3) is 0.0769. The molecule has 98 valence electrons. The third kappa shape index (κ3) is 3.30. The van der Waals surface area contributed by atoms with Crippen LogP contribution in [0.25, 0.3) is 0 Å². The van der Waals surface area contributed by atoms with Gasteiger partial charge in [0, 0.05) is 11.9 Å². The largest absolute Gasteiger partial charge is 0.322 e. The summed E-state index contributed by atoms with van der Waals surface area (Å²) in [7, 11) is 0. The van der Waals surface area contributed by atoms with Crippen molar-refractivity contribution in [3.05, 3.63) is 57.0 Å². The summed E-state index contributed by atoms with van der Waals surface area (Å²) in [5.74, 6) is -0.700. The monoisotopic (exact) mass is 342 g/mol. The van der Waals surface area contributed by atoms with Crippen LogP contribution in [0.4, 0.5) is 10.1 Å². The lowest BCUT2D eigenvalue weighted by molar-refractivity contribution is 0.102. The number of hydrogen-bond donors (Lipinski definition) is 1. The molecule has 0 unspecified atom stereocenters. The molecule has 1 heterocycles. The number of nitrogens with zero attached hydrogens (tertiary/aromatic N) is 1. The molecular formula is C13H9BrClFN2O. The second-order valence-corrected chi connectivity index (χ2v) is 5.15. The summed E-state index contributed by atoms with van der Waals surface area (Å²) in [6.45, 7) is 1.71. The van der Waals surface area contributed by atoms with Gasteiger partial charge in [0.05, 0.1) is 10.0 Å². The minimum atomic E-state index is -0.372. The van der Waals surface area contributed by atoms with Crippen LogP contribution >= 0.6 is 27.5 Å². The molecule has 1 aromatic carbocycles. The topological polar surface area (TPSA) is 42.0 Å². The summed E-state index contributed by atoms with van der Waals surface area (Å²) >= 11 is 8.73. The number of carbonyl (C=O) groups is 1. The van der Waals surface area contributed by atoms with Gasteiger partial charge in [0.15, 0.2) is 0 Å². The van der Waals surface area contributed by atoms with E-state index in [0.717, 1.165) is 0 Å². The van der Waals surface area contributed by atoms with Crippen LogP contribution in [-0.4, -0.2) is 10.9 Å². The molecule has 1 aromatic heterocycles. The quantitative estimate of drug-likeness (QED) is 0.831. The molecule has 0 saturated carbocycles. The Balaban J connectivity index is 2.24. The lowest BCUT2D eigenvalue weighted by Crippen LogP contribution is -2.13. The van der Waals surface area contributed by atoms with Crippen LogP contribution in [0.2, 0.25) is 5.15 Å². The smallest absolute Gasteiger partial charge is 0.257 e. The van der Waals surface area contributed by atoms with Crippen molar-refractivity contribution in [3.8, 4) is 0 Å². The molecule has 0 aliphatic heterocycles. The lowest BCUT2D eigenvalue weighted by atomic mass is 10.2. The highest BCUT2D eigenvalue weighted by Crippen LogP contribution is 2.24. The molecule has 0 bridgehead atoms. The van der Waals surface area contributed by atoms with Gasteiger partial charge in [-0.15, -0.1) is 0 Å². The normalized spacial score (nSPS) is 10.3. The molecular weight excluding hydrogens is 335 g/mol. The highest BCUT2D eigenvalue weighted by Gasteiger charge is 2.10. The van der Waals surface area contributed by atoms with Crippen molar-refractivity contribution >= 4 is 39.1 Å². The van der Waals surface area contributed by atoms with Crippen molar-refractivity contribution in [1.29, 1.82) is 0 Å². The first-order valence-electron chi connectivity index (χ1n) is 5.36. The number of carbonyl (C=O) groups excluding carboxylic acids is 1. The number of aromatic nitrogens is 1. The molecule has 0 radical (unpaired) electrons. The molecule has 0 aliphatic carbocycles. The number of rotatable bonds is 2. The second-order valence-electron chi connectivity index (χ2n) is 3.90. The maximum atomic E-state index is 13.3. The van der Waals surface area contributed by atoms with E-state index in [0.29, 0.717) is 26.4 Å². The number of benzene rings is 1. The molecule has 1 N–H and O–H groups in total. The van der Waals surface area contributed by atoms with E-state index in [-0.39, 0.29) is 11.7 Å². The SMILES string of the molecule is Cc1cc(F)c(Br)cc1NC(=O)c1ccc(Cl)nc1. The molecule has 6 heteroatoms. The van der Waals surface area contributed by atoms with Crippen LogP contribution in [0.15, 0.2) is 34.9 Å². The molecule has 2 aromatic rings. The summed E-state index contributed by atoms with van der Waals surface area (Å²) in [5.41, 5.74) is 1.55. The minimum Gasteiger partial charge on any atom is -0.322 e. The van der Waals surface area contributed by atoms with Crippen LogP contribution in [0.1, 0.15) is 15.9 Å². The van der Waals surface area contributed by atoms with Crippen LogP contribution in [0.5, 0.6) is 0 Å². The Morgan fingerprint density at radius 1 is 1.42 bits per heavy atom. The molecule has 0 saturated heterocycles. The number of nitrogens with one attached hydrogen (secondary N) is 1. The number of pyridine rings is 1. The van der Waals surface area contributed by atoms with Crippen LogP contribution in [0, 0.1) is 12.7 Å². The first-order valence-corrected chi connectivity index (χ1v) is 6.53. The number of aryl methyl sites for hydroxylation is 1. The molecule has 3 nitrogen and oxygen atoms in total. The van der Waals surface area contributed by atoms with E-state index in [2.05, 4.69) is 26.2 Å². The molecule has 2 rings (SSSR count). The van der Waals surface area contributed by atoms with Crippen molar-refractivity contribution < 1.29 is 9.18 Å². The predicted octanol–water partition coefficient (Wildman–Crippen LogP) is 4.20. The Hall–Kier alpha value is -1.46. The first-order chi connectivity index (χ1) is 8.97. The maximum Gasteiger partial charge on any atom is 0.257 e. The third-order valence-electron chi connectivity index (χ3n) is 2.51. The van der Waals surface area contributed by atoms with Crippen LogP contribution < -0.4 is 5.32 Å². The van der Waals surface area contributed by atoms with Gasteiger partial charge >= 0.3 is 0 Å². The molecule has 0 atom stereocenters. The standard InChI is InChI=1S/C13H9BrClFN2O/c1-7-4-10(16)9(14)5-11(7)18-13(19)8-2-3-12(15)17-6-8/h2-6H,1H3,(H,18,19). The molecule has 1 amide bonds. The Bertz CT molecular complexity index is 631. The molecule has 0 aliphatic rings. The van der Waals surface area contributed by atoms with Gasteiger partial charge in [-0.05, 0) is 52.7 Å². The zero-order valence-electron chi connectivity index (χ0n) is 9.88. The first kappa shape index (κ1) is 14.0. The summed E-state index contributed by atoms with van der Waals surface area (Å²) in [6.07, 6.45) is 1.38. The highest BCUT2D eigenvalue weighted by atomic mass is 79.9. The van der Waals surface area contributed by atoms with Gasteiger partial charge in [0.1, 0.15) is 11.0 Å². The van der Waals surface area contributed by atoms with E-state index in [1.165, 1.54) is 24.4 Å². The minimum absolute atomic E-state index is 0.294. The fourth-order valence-corrected chi connectivity index (χ4v) is 1.94. The van der Waals surface area contributed by atoms with Gasteiger partial charge in [0.25, 0.3) is 5.91 Å². The molecule has 0 fully saturated rings. The van der Waals surface area contributed by atoms with E-state index in [1.54, 1.807) is 13.0 Å². The van der Waals surface area contributed by atoms with E-state index in [9.17, 15) is 9.18 Å². The van der Waals surface area contributed by atoms with Crippen molar-refractivity contribution in [2.24, 2.45) is 0 Å². The van der Waals surface area contributed by atoms with E-state index in [1.807, 2.05) is 0 Å². The van der Waals surface area contributed by atoms with Crippen molar-refractivity contribution in [2.75, 3.05) is 5.32 Å². The summed E-state index contributed by atoms with van der Waals surface area (Å²) in [5, 5.41) is 3.01. The Morgan fingerprint density at radius 2 is 2.16 bits per heavy atom. The Labute approximate surface area is 122 Å². The van der Waals surface area contributed by atoms with Crippen molar-refractivity contribution in [2.45, 2.75) is 6.92 Å². The van der Waals surface area contributed by atoms with Gasteiger partial charge < -0.3 is 5.32 Å². The van der Waals surface area contributed by atoms with Crippen LogP contribution in [0.3, 0.4) is 0 Å². The van der Waals surface area contributed by atoms with Crippen LogP contribution in [-0.2, 0) is 0 Å². The lowest BCUT2D eigenvalue weighted by Gasteiger charge is -2.09. The Kier molecular flexibility index (Phi) is 4.17. The van der Waals surface area contributed by atoms with Crippen molar-refractivity contribution in [1.82, 2.24) is 4.98 Å².